The van der Waals surface area contributed by atoms with Gasteiger partial charge in [0.15, 0.2) is 0 Å². The average Bonchev–Trinajstić information content (AvgIpc) is 2.17. The first-order valence-corrected chi connectivity index (χ1v) is 6.25. The van der Waals surface area contributed by atoms with E-state index in [9.17, 15) is 0 Å². The van der Waals surface area contributed by atoms with E-state index in [4.69, 9.17) is 4.74 Å². The van der Waals surface area contributed by atoms with Gasteiger partial charge < -0.3 is 19.9 Å². The summed E-state index contributed by atoms with van der Waals surface area (Å²) >= 11 is 0. The van der Waals surface area contributed by atoms with Gasteiger partial charge in [-0.05, 0) is 33.6 Å². The van der Waals surface area contributed by atoms with Crippen molar-refractivity contribution in [2.24, 2.45) is 5.92 Å². The van der Waals surface area contributed by atoms with Gasteiger partial charge in [-0.1, -0.05) is 6.92 Å². The molecule has 0 radical (unpaired) electrons. The van der Waals surface area contributed by atoms with Gasteiger partial charge in [0.05, 0.1) is 12.7 Å². The lowest BCUT2D eigenvalue weighted by Gasteiger charge is -2.33. The summed E-state index contributed by atoms with van der Waals surface area (Å²) in [7, 11) is 6.36. The zero-order valence-electron chi connectivity index (χ0n) is 11.2. The first-order valence-electron chi connectivity index (χ1n) is 6.25. The summed E-state index contributed by atoms with van der Waals surface area (Å²) in [4.78, 5) is 4.73. The largest absolute Gasteiger partial charge is 0.374 e. The summed E-state index contributed by atoms with van der Waals surface area (Å²) < 4.78 is 5.76. The standard InChI is InChI=1S/C12H27N3O/c1-11(7-13-2)8-15(4)10-12-9-14(3)5-6-16-12/h11-13H,5-10H2,1-4H3. The topological polar surface area (TPSA) is 27.7 Å². The van der Waals surface area contributed by atoms with Crippen molar-refractivity contribution in [2.45, 2.75) is 13.0 Å². The Balaban J connectivity index is 2.19. The molecule has 0 aliphatic carbocycles. The van der Waals surface area contributed by atoms with Crippen molar-refractivity contribution in [3.05, 3.63) is 0 Å². The van der Waals surface area contributed by atoms with Crippen molar-refractivity contribution in [1.82, 2.24) is 15.1 Å². The van der Waals surface area contributed by atoms with E-state index in [1.807, 2.05) is 7.05 Å². The van der Waals surface area contributed by atoms with E-state index >= 15 is 0 Å². The lowest BCUT2D eigenvalue weighted by molar-refractivity contribution is -0.0336. The predicted octanol–water partition coefficient (Wildman–Crippen LogP) is 0.104. The summed E-state index contributed by atoms with van der Waals surface area (Å²) in [5.74, 6) is 0.691. The third-order valence-corrected chi connectivity index (χ3v) is 3.03. The number of ether oxygens (including phenoxy) is 1. The Bertz CT molecular complexity index is 189. The quantitative estimate of drug-likeness (QED) is 0.699. The van der Waals surface area contributed by atoms with Crippen LogP contribution in [0.5, 0.6) is 0 Å². The van der Waals surface area contributed by atoms with Crippen molar-refractivity contribution in [1.29, 1.82) is 0 Å². The van der Waals surface area contributed by atoms with Crippen LogP contribution >= 0.6 is 0 Å². The highest BCUT2D eigenvalue weighted by atomic mass is 16.5. The van der Waals surface area contributed by atoms with Crippen LogP contribution in [-0.2, 0) is 4.74 Å². The van der Waals surface area contributed by atoms with Gasteiger partial charge in [0.1, 0.15) is 0 Å². The molecular formula is C12H27N3O. The maximum absolute atomic E-state index is 5.76. The fraction of sp³-hybridized carbons (Fsp3) is 1.00. The Kier molecular flexibility index (Phi) is 6.28. The van der Waals surface area contributed by atoms with Crippen molar-refractivity contribution in [3.8, 4) is 0 Å². The average molecular weight is 229 g/mol. The molecule has 1 heterocycles. The summed E-state index contributed by atoms with van der Waals surface area (Å²) in [6, 6.07) is 0. The highest BCUT2D eigenvalue weighted by Crippen LogP contribution is 2.05. The van der Waals surface area contributed by atoms with Crippen LogP contribution in [0.4, 0.5) is 0 Å². The number of rotatable bonds is 6. The number of nitrogens with one attached hydrogen (secondary N) is 1. The van der Waals surface area contributed by atoms with Gasteiger partial charge in [0, 0.05) is 26.2 Å². The molecule has 1 saturated heterocycles. The molecule has 1 aliphatic heterocycles. The van der Waals surface area contributed by atoms with Crippen LogP contribution in [0.15, 0.2) is 0 Å². The molecule has 1 fully saturated rings. The van der Waals surface area contributed by atoms with Crippen LogP contribution in [0.2, 0.25) is 0 Å². The number of hydrogen-bond donors (Lipinski definition) is 1. The molecule has 1 N–H and O–H groups in total. The molecule has 0 amide bonds. The molecule has 0 spiro atoms. The van der Waals surface area contributed by atoms with Gasteiger partial charge in [-0.3, -0.25) is 0 Å². The second kappa shape index (κ2) is 7.22. The second-order valence-electron chi connectivity index (χ2n) is 5.14. The molecule has 0 aromatic rings. The van der Waals surface area contributed by atoms with Crippen LogP contribution in [0.1, 0.15) is 6.92 Å². The maximum atomic E-state index is 5.76. The monoisotopic (exact) mass is 229 g/mol. The van der Waals surface area contributed by atoms with Gasteiger partial charge in [0.25, 0.3) is 0 Å². The van der Waals surface area contributed by atoms with Crippen LogP contribution < -0.4 is 5.32 Å². The van der Waals surface area contributed by atoms with E-state index in [1.165, 1.54) is 0 Å². The van der Waals surface area contributed by atoms with E-state index < -0.39 is 0 Å². The molecule has 1 aliphatic rings. The first kappa shape index (κ1) is 13.9. The van der Waals surface area contributed by atoms with Gasteiger partial charge in [0.2, 0.25) is 0 Å². The summed E-state index contributed by atoms with van der Waals surface area (Å²) in [6.45, 7) is 8.53. The molecule has 0 aromatic heterocycles. The molecule has 2 unspecified atom stereocenters. The van der Waals surface area contributed by atoms with E-state index in [0.717, 1.165) is 39.3 Å². The molecule has 0 saturated carbocycles. The fourth-order valence-electron chi connectivity index (χ4n) is 2.34. The number of likely N-dealkylation sites (N-methyl/N-ethyl adjacent to an activating group) is 2. The third-order valence-electron chi connectivity index (χ3n) is 3.03. The Morgan fingerprint density at radius 1 is 1.56 bits per heavy atom. The van der Waals surface area contributed by atoms with E-state index in [1.54, 1.807) is 0 Å². The fourth-order valence-corrected chi connectivity index (χ4v) is 2.34. The van der Waals surface area contributed by atoms with Gasteiger partial charge in [-0.15, -0.1) is 0 Å². The minimum Gasteiger partial charge on any atom is -0.374 e. The van der Waals surface area contributed by atoms with Gasteiger partial charge in [-0.25, -0.2) is 0 Å². The minimum absolute atomic E-state index is 0.380. The highest BCUT2D eigenvalue weighted by Gasteiger charge is 2.19. The lowest BCUT2D eigenvalue weighted by atomic mass is 10.1. The molecule has 4 heteroatoms. The number of morpholine rings is 1. The van der Waals surface area contributed by atoms with Crippen LogP contribution in [0.3, 0.4) is 0 Å². The van der Waals surface area contributed by atoms with E-state index in [-0.39, 0.29) is 0 Å². The van der Waals surface area contributed by atoms with Crippen molar-refractivity contribution < 1.29 is 4.74 Å². The van der Waals surface area contributed by atoms with Crippen LogP contribution in [0, 0.1) is 5.92 Å². The Morgan fingerprint density at radius 2 is 2.31 bits per heavy atom. The molecule has 16 heavy (non-hydrogen) atoms. The van der Waals surface area contributed by atoms with E-state index in [0.29, 0.717) is 12.0 Å². The van der Waals surface area contributed by atoms with E-state index in [2.05, 4.69) is 36.1 Å². The van der Waals surface area contributed by atoms with Crippen molar-refractivity contribution in [3.63, 3.8) is 0 Å². The molecule has 0 bridgehead atoms. The van der Waals surface area contributed by atoms with Crippen molar-refractivity contribution >= 4 is 0 Å². The maximum Gasteiger partial charge on any atom is 0.0829 e. The molecular weight excluding hydrogens is 202 g/mol. The second-order valence-corrected chi connectivity index (χ2v) is 5.14. The SMILES string of the molecule is CNCC(C)CN(C)CC1CN(C)CCO1. The smallest absolute Gasteiger partial charge is 0.0829 e. The summed E-state index contributed by atoms with van der Waals surface area (Å²) in [5.41, 5.74) is 0. The third kappa shape index (κ3) is 5.25. The zero-order valence-corrected chi connectivity index (χ0v) is 11.2. The molecule has 1 rings (SSSR count). The lowest BCUT2D eigenvalue weighted by Crippen LogP contribution is -2.46. The zero-order chi connectivity index (χ0) is 12.0. The Morgan fingerprint density at radius 3 is 2.94 bits per heavy atom. The molecule has 96 valence electrons. The summed E-state index contributed by atoms with van der Waals surface area (Å²) in [6.07, 6.45) is 0.380. The van der Waals surface area contributed by atoms with Gasteiger partial charge >= 0.3 is 0 Å². The Hall–Kier alpha value is -0.160. The number of nitrogens with zero attached hydrogens (tertiary/aromatic N) is 2. The van der Waals surface area contributed by atoms with Crippen LogP contribution in [-0.4, -0.2) is 76.4 Å². The molecule has 2 atom stereocenters. The van der Waals surface area contributed by atoms with Crippen molar-refractivity contribution in [2.75, 3.05) is 60.5 Å². The Labute approximate surface area is 99.9 Å². The van der Waals surface area contributed by atoms with Gasteiger partial charge in [-0.2, -0.15) is 0 Å². The normalized spacial score (nSPS) is 24.9. The molecule has 4 nitrogen and oxygen atoms in total. The first-order chi connectivity index (χ1) is 7.61. The predicted molar refractivity (Wildman–Crippen MR) is 67.8 cm³/mol. The minimum atomic E-state index is 0.380. The highest BCUT2D eigenvalue weighted by molar-refractivity contribution is 4.72. The summed E-state index contributed by atoms with van der Waals surface area (Å²) in [5, 5.41) is 3.22. The molecule has 0 aromatic carbocycles. The number of hydrogen-bond acceptors (Lipinski definition) is 4. The van der Waals surface area contributed by atoms with Crippen LogP contribution in [0.25, 0.3) is 0 Å².